The van der Waals surface area contributed by atoms with Gasteiger partial charge < -0.3 is 10.0 Å². The van der Waals surface area contributed by atoms with Gasteiger partial charge in [-0.25, -0.2) is 0 Å². The standard InChI is InChI=1S/C11H12N2O2/c1-2-13-10-5-9(14)4-3-8(10)6-12-7-11(13)15/h3-6,14H,2,7H2,1H3. The predicted octanol–water partition coefficient (Wildman–Crippen LogP) is 1.18. The normalized spacial score (nSPS) is 15.0. The van der Waals surface area contributed by atoms with Crippen molar-refractivity contribution >= 4 is 17.8 Å². The van der Waals surface area contributed by atoms with Gasteiger partial charge in [0.1, 0.15) is 12.3 Å². The number of likely N-dealkylation sites (N-methyl/N-ethyl adjacent to an activating group) is 1. The molecule has 0 fully saturated rings. The Hall–Kier alpha value is -1.84. The van der Waals surface area contributed by atoms with Crippen LogP contribution in [0.25, 0.3) is 0 Å². The van der Waals surface area contributed by atoms with E-state index in [0.717, 1.165) is 11.3 Å². The molecule has 0 unspecified atom stereocenters. The fourth-order valence-electron chi connectivity index (χ4n) is 1.66. The summed E-state index contributed by atoms with van der Waals surface area (Å²) in [7, 11) is 0. The van der Waals surface area contributed by atoms with Gasteiger partial charge in [0.15, 0.2) is 0 Å². The van der Waals surface area contributed by atoms with Crippen LogP contribution in [0.3, 0.4) is 0 Å². The topological polar surface area (TPSA) is 52.9 Å². The van der Waals surface area contributed by atoms with Crippen LogP contribution in [0.1, 0.15) is 12.5 Å². The number of amides is 1. The highest BCUT2D eigenvalue weighted by Gasteiger charge is 2.18. The van der Waals surface area contributed by atoms with Crippen LogP contribution in [-0.4, -0.2) is 30.3 Å². The highest BCUT2D eigenvalue weighted by atomic mass is 16.3. The number of aromatic hydroxyl groups is 1. The Morgan fingerprint density at radius 1 is 1.53 bits per heavy atom. The van der Waals surface area contributed by atoms with Crippen LogP contribution in [0.2, 0.25) is 0 Å². The molecule has 2 rings (SSSR count). The summed E-state index contributed by atoms with van der Waals surface area (Å²) in [5.41, 5.74) is 1.59. The molecule has 1 aliphatic heterocycles. The minimum atomic E-state index is -0.0434. The molecule has 0 spiro atoms. The van der Waals surface area contributed by atoms with Gasteiger partial charge in [-0.15, -0.1) is 0 Å². The Bertz CT molecular complexity index is 427. The van der Waals surface area contributed by atoms with Crippen LogP contribution < -0.4 is 4.90 Å². The third-order valence-electron chi connectivity index (χ3n) is 2.38. The number of carbonyl (C=O) groups excluding carboxylic acids is 1. The van der Waals surface area contributed by atoms with E-state index in [2.05, 4.69) is 4.99 Å². The van der Waals surface area contributed by atoms with E-state index < -0.39 is 0 Å². The number of phenols is 1. The van der Waals surface area contributed by atoms with Crippen molar-refractivity contribution in [3.8, 4) is 5.75 Å². The van der Waals surface area contributed by atoms with Crippen LogP contribution in [0.5, 0.6) is 5.75 Å². The van der Waals surface area contributed by atoms with Crippen molar-refractivity contribution < 1.29 is 9.90 Å². The Labute approximate surface area is 87.9 Å². The van der Waals surface area contributed by atoms with Crippen LogP contribution in [-0.2, 0) is 4.79 Å². The number of rotatable bonds is 1. The molecule has 0 saturated heterocycles. The molecule has 0 aliphatic carbocycles. The summed E-state index contributed by atoms with van der Waals surface area (Å²) >= 11 is 0. The second-order valence-corrected chi connectivity index (χ2v) is 3.35. The fourth-order valence-corrected chi connectivity index (χ4v) is 1.66. The van der Waals surface area contributed by atoms with Gasteiger partial charge in [-0.05, 0) is 19.1 Å². The zero-order chi connectivity index (χ0) is 10.8. The first-order valence-corrected chi connectivity index (χ1v) is 4.85. The quantitative estimate of drug-likeness (QED) is 0.746. The van der Waals surface area contributed by atoms with Gasteiger partial charge in [-0.3, -0.25) is 9.79 Å². The van der Waals surface area contributed by atoms with E-state index >= 15 is 0 Å². The van der Waals surface area contributed by atoms with Gasteiger partial charge >= 0.3 is 0 Å². The van der Waals surface area contributed by atoms with Gasteiger partial charge in [-0.2, -0.15) is 0 Å². The molecule has 4 nitrogen and oxygen atoms in total. The van der Waals surface area contributed by atoms with E-state index in [1.165, 1.54) is 0 Å². The lowest BCUT2D eigenvalue weighted by Gasteiger charge is -2.20. The second kappa shape index (κ2) is 3.73. The fraction of sp³-hybridized carbons (Fsp3) is 0.273. The van der Waals surface area contributed by atoms with Crippen molar-refractivity contribution in [1.29, 1.82) is 0 Å². The van der Waals surface area contributed by atoms with Gasteiger partial charge in [0, 0.05) is 24.4 Å². The van der Waals surface area contributed by atoms with Crippen molar-refractivity contribution in [1.82, 2.24) is 0 Å². The number of benzene rings is 1. The smallest absolute Gasteiger partial charge is 0.248 e. The maximum atomic E-state index is 11.6. The molecule has 0 bridgehead atoms. The van der Waals surface area contributed by atoms with Crippen molar-refractivity contribution in [2.24, 2.45) is 4.99 Å². The Kier molecular flexibility index (Phi) is 2.41. The van der Waals surface area contributed by atoms with Gasteiger partial charge in [0.2, 0.25) is 5.91 Å². The predicted molar refractivity (Wildman–Crippen MR) is 58.6 cm³/mol. The molecule has 0 saturated carbocycles. The number of nitrogens with zero attached hydrogens (tertiary/aromatic N) is 2. The number of aliphatic imine (C=N–C) groups is 1. The minimum absolute atomic E-state index is 0.0434. The number of hydrogen-bond donors (Lipinski definition) is 1. The molecule has 1 aromatic rings. The summed E-state index contributed by atoms with van der Waals surface area (Å²) in [5.74, 6) is 0.119. The number of phenolic OH excluding ortho intramolecular Hbond substituents is 1. The molecular formula is C11H12N2O2. The van der Waals surface area contributed by atoms with Crippen LogP contribution in [0, 0.1) is 0 Å². The Balaban J connectivity index is 2.55. The second-order valence-electron chi connectivity index (χ2n) is 3.35. The first kappa shape index (κ1) is 9.71. The average Bonchev–Trinajstić information content (AvgIpc) is 2.36. The summed E-state index contributed by atoms with van der Waals surface area (Å²) in [5, 5.41) is 9.40. The summed E-state index contributed by atoms with van der Waals surface area (Å²) in [6.45, 7) is 2.65. The van der Waals surface area contributed by atoms with E-state index in [1.807, 2.05) is 6.92 Å². The van der Waals surface area contributed by atoms with E-state index in [0.29, 0.717) is 6.54 Å². The highest BCUT2D eigenvalue weighted by Crippen LogP contribution is 2.25. The molecule has 0 aromatic heterocycles. The molecule has 78 valence electrons. The van der Waals surface area contributed by atoms with Crippen molar-refractivity contribution in [3.63, 3.8) is 0 Å². The van der Waals surface area contributed by atoms with E-state index in [-0.39, 0.29) is 18.2 Å². The molecular weight excluding hydrogens is 192 g/mol. The maximum absolute atomic E-state index is 11.6. The van der Waals surface area contributed by atoms with Crippen molar-refractivity contribution in [2.75, 3.05) is 18.0 Å². The van der Waals surface area contributed by atoms with Crippen molar-refractivity contribution in [2.45, 2.75) is 6.92 Å². The molecule has 1 heterocycles. The Morgan fingerprint density at radius 2 is 2.33 bits per heavy atom. The summed E-state index contributed by atoms with van der Waals surface area (Å²) < 4.78 is 0. The lowest BCUT2D eigenvalue weighted by Crippen LogP contribution is -2.32. The van der Waals surface area contributed by atoms with E-state index in [1.54, 1.807) is 29.3 Å². The van der Waals surface area contributed by atoms with Crippen molar-refractivity contribution in [3.05, 3.63) is 23.8 Å². The monoisotopic (exact) mass is 204 g/mol. The summed E-state index contributed by atoms with van der Waals surface area (Å²) in [6.07, 6.45) is 1.67. The lowest BCUT2D eigenvalue weighted by molar-refractivity contribution is -0.117. The molecule has 1 aromatic carbocycles. The zero-order valence-electron chi connectivity index (χ0n) is 8.47. The molecule has 15 heavy (non-hydrogen) atoms. The minimum Gasteiger partial charge on any atom is -0.508 e. The molecule has 4 heteroatoms. The van der Waals surface area contributed by atoms with E-state index in [4.69, 9.17) is 0 Å². The molecule has 1 N–H and O–H groups in total. The molecule has 1 amide bonds. The third-order valence-corrected chi connectivity index (χ3v) is 2.38. The summed E-state index contributed by atoms with van der Waals surface area (Å²) in [4.78, 5) is 17.3. The SMILES string of the molecule is CCN1C(=O)CN=Cc2ccc(O)cc21. The van der Waals surface area contributed by atoms with Crippen LogP contribution in [0.15, 0.2) is 23.2 Å². The van der Waals surface area contributed by atoms with Crippen LogP contribution in [0.4, 0.5) is 5.69 Å². The highest BCUT2D eigenvalue weighted by molar-refractivity contribution is 6.03. The number of benzodiazepines with no additional fused rings is 1. The van der Waals surface area contributed by atoms with Gasteiger partial charge in [0.25, 0.3) is 0 Å². The Morgan fingerprint density at radius 3 is 3.07 bits per heavy atom. The number of anilines is 1. The van der Waals surface area contributed by atoms with Gasteiger partial charge in [-0.1, -0.05) is 0 Å². The molecule has 0 atom stereocenters. The number of carbonyl (C=O) groups is 1. The maximum Gasteiger partial charge on any atom is 0.248 e. The zero-order valence-corrected chi connectivity index (χ0v) is 8.47. The first-order chi connectivity index (χ1) is 7.22. The summed E-state index contributed by atoms with van der Waals surface area (Å²) in [6, 6.07) is 4.94. The van der Waals surface area contributed by atoms with E-state index in [9.17, 15) is 9.90 Å². The van der Waals surface area contributed by atoms with Gasteiger partial charge in [0.05, 0.1) is 5.69 Å². The number of fused-ring (bicyclic) bond motifs is 1. The third kappa shape index (κ3) is 1.70. The molecule has 1 aliphatic rings. The first-order valence-electron chi connectivity index (χ1n) is 4.85. The average molecular weight is 204 g/mol. The molecule has 0 radical (unpaired) electrons. The number of hydrogen-bond acceptors (Lipinski definition) is 3. The lowest BCUT2D eigenvalue weighted by atomic mass is 10.1. The van der Waals surface area contributed by atoms with Crippen LogP contribution >= 0.6 is 0 Å². The largest absolute Gasteiger partial charge is 0.508 e.